The number of hydrogen-bond acceptors (Lipinski definition) is 2. The molecule has 0 aliphatic rings. The summed E-state index contributed by atoms with van der Waals surface area (Å²) in [7, 11) is 0. The van der Waals surface area contributed by atoms with Gasteiger partial charge in [0.15, 0.2) is 5.43 Å². The number of halogens is 5. The van der Waals surface area contributed by atoms with E-state index in [0.717, 1.165) is 36.4 Å². The van der Waals surface area contributed by atoms with E-state index in [4.69, 9.17) is 0 Å². The number of H-pyrrole nitrogens is 1. The Morgan fingerprint density at radius 1 is 0.900 bits per heavy atom. The van der Waals surface area contributed by atoms with Crippen LogP contribution in [-0.4, -0.2) is 10.9 Å². The highest BCUT2D eigenvalue weighted by molar-refractivity contribution is 6.13. The molecule has 0 radical (unpaired) electrons. The van der Waals surface area contributed by atoms with Gasteiger partial charge >= 0.3 is 6.18 Å². The Hall–Kier alpha value is -3.75. The fourth-order valence-electron chi connectivity index (χ4n) is 3.18. The first-order valence-electron chi connectivity index (χ1n) is 8.57. The quantitative estimate of drug-likeness (QED) is 0.346. The molecule has 4 aromatic rings. The predicted molar refractivity (Wildman–Crippen MR) is 101 cm³/mol. The number of nitrogens with one attached hydrogen (secondary N) is 2. The Bertz CT molecular complexity index is 1380. The number of amides is 1. The van der Waals surface area contributed by atoms with Gasteiger partial charge in [-0.2, -0.15) is 13.2 Å². The molecule has 1 aromatic heterocycles. The zero-order chi connectivity index (χ0) is 21.6. The van der Waals surface area contributed by atoms with Crippen LogP contribution in [0.5, 0.6) is 0 Å². The number of benzene rings is 3. The van der Waals surface area contributed by atoms with E-state index in [0.29, 0.717) is 0 Å². The highest BCUT2D eigenvalue weighted by Gasteiger charge is 2.30. The molecule has 9 heteroatoms. The molecular weight excluding hydrogens is 407 g/mol. The number of carbonyl (C=O) groups excluding carboxylic acids is 1. The van der Waals surface area contributed by atoms with Crippen molar-refractivity contribution < 1.29 is 26.7 Å². The summed E-state index contributed by atoms with van der Waals surface area (Å²) >= 11 is 0. The van der Waals surface area contributed by atoms with Gasteiger partial charge in [-0.1, -0.05) is 12.1 Å². The lowest BCUT2D eigenvalue weighted by atomic mass is 10.0. The number of aromatic nitrogens is 1. The SMILES string of the molecule is O=C(Nc1cccc(C(F)(F)F)c1)c1cc(F)cc2c(=O)c3cccc(F)c3[nH]c12. The largest absolute Gasteiger partial charge is 0.416 e. The first-order valence-corrected chi connectivity index (χ1v) is 8.57. The summed E-state index contributed by atoms with van der Waals surface area (Å²) in [6, 6.07) is 9.38. The summed E-state index contributed by atoms with van der Waals surface area (Å²) in [6.07, 6.45) is -4.62. The third kappa shape index (κ3) is 3.38. The average molecular weight is 418 g/mol. The van der Waals surface area contributed by atoms with Crippen LogP contribution in [0.25, 0.3) is 21.8 Å². The van der Waals surface area contributed by atoms with Crippen molar-refractivity contribution in [1.29, 1.82) is 0 Å². The first kappa shape index (κ1) is 19.6. The molecule has 1 amide bonds. The van der Waals surface area contributed by atoms with Gasteiger partial charge in [0.2, 0.25) is 0 Å². The van der Waals surface area contributed by atoms with Crippen LogP contribution in [0.2, 0.25) is 0 Å². The predicted octanol–water partition coefficient (Wildman–Crippen LogP) is 5.23. The van der Waals surface area contributed by atoms with E-state index in [2.05, 4.69) is 10.3 Å². The van der Waals surface area contributed by atoms with Crippen LogP contribution in [0, 0.1) is 11.6 Å². The standard InChI is InChI=1S/C21H11F5N2O2/c22-11-8-14-17(28-18-13(19(14)29)5-2-6-16(18)23)15(9-11)20(30)27-12-4-1-3-10(7-12)21(24,25)26/h1-9H,(H,27,30)(H,28,29). The van der Waals surface area contributed by atoms with E-state index in [1.807, 2.05) is 0 Å². The highest BCUT2D eigenvalue weighted by Crippen LogP contribution is 2.31. The zero-order valence-electron chi connectivity index (χ0n) is 14.9. The van der Waals surface area contributed by atoms with Crippen molar-refractivity contribution in [3.63, 3.8) is 0 Å². The van der Waals surface area contributed by atoms with Crippen LogP contribution in [0.4, 0.5) is 27.6 Å². The normalized spacial score (nSPS) is 11.8. The average Bonchev–Trinajstić information content (AvgIpc) is 2.68. The molecule has 0 atom stereocenters. The lowest BCUT2D eigenvalue weighted by molar-refractivity contribution is -0.137. The molecule has 0 saturated heterocycles. The van der Waals surface area contributed by atoms with Crippen molar-refractivity contribution in [2.24, 2.45) is 0 Å². The Morgan fingerprint density at radius 3 is 2.37 bits per heavy atom. The van der Waals surface area contributed by atoms with E-state index < -0.39 is 34.7 Å². The number of para-hydroxylation sites is 1. The monoisotopic (exact) mass is 418 g/mol. The maximum absolute atomic E-state index is 14.2. The summed E-state index contributed by atoms with van der Waals surface area (Å²) in [5.41, 5.74) is -2.51. The number of pyridine rings is 1. The number of hydrogen-bond donors (Lipinski definition) is 2. The van der Waals surface area contributed by atoms with E-state index in [1.165, 1.54) is 18.2 Å². The number of rotatable bonds is 2. The van der Waals surface area contributed by atoms with Gasteiger partial charge in [-0.15, -0.1) is 0 Å². The number of anilines is 1. The third-order valence-corrected chi connectivity index (χ3v) is 4.55. The molecule has 1 heterocycles. The number of aromatic amines is 1. The molecule has 4 rings (SSSR count). The van der Waals surface area contributed by atoms with Crippen LogP contribution in [-0.2, 0) is 6.18 Å². The molecule has 0 aliphatic heterocycles. The summed E-state index contributed by atoms with van der Waals surface area (Å²) in [6.45, 7) is 0. The van der Waals surface area contributed by atoms with Crippen LogP contribution < -0.4 is 10.7 Å². The highest BCUT2D eigenvalue weighted by atomic mass is 19.4. The summed E-state index contributed by atoms with van der Waals surface area (Å²) in [4.78, 5) is 28.0. The van der Waals surface area contributed by atoms with Gasteiger partial charge in [0.1, 0.15) is 11.6 Å². The molecule has 4 nitrogen and oxygen atoms in total. The topological polar surface area (TPSA) is 62.0 Å². The van der Waals surface area contributed by atoms with Gasteiger partial charge in [0.05, 0.1) is 22.2 Å². The maximum atomic E-state index is 14.2. The Labute approximate surface area is 165 Å². The molecule has 0 saturated carbocycles. The molecular formula is C21H11F5N2O2. The second-order valence-corrected chi connectivity index (χ2v) is 6.53. The zero-order valence-corrected chi connectivity index (χ0v) is 14.9. The van der Waals surface area contributed by atoms with Crippen LogP contribution in [0.3, 0.4) is 0 Å². The number of fused-ring (bicyclic) bond motifs is 2. The lowest BCUT2D eigenvalue weighted by Crippen LogP contribution is -2.16. The minimum Gasteiger partial charge on any atom is -0.351 e. The molecule has 152 valence electrons. The van der Waals surface area contributed by atoms with Crippen LogP contribution >= 0.6 is 0 Å². The van der Waals surface area contributed by atoms with Gasteiger partial charge < -0.3 is 10.3 Å². The number of alkyl halides is 3. The molecule has 0 unspecified atom stereocenters. The van der Waals surface area contributed by atoms with Crippen molar-refractivity contribution in [2.75, 3.05) is 5.32 Å². The van der Waals surface area contributed by atoms with Crippen LogP contribution in [0.1, 0.15) is 15.9 Å². The smallest absolute Gasteiger partial charge is 0.351 e. The van der Waals surface area contributed by atoms with Crippen molar-refractivity contribution in [1.82, 2.24) is 4.98 Å². The Balaban J connectivity index is 1.86. The van der Waals surface area contributed by atoms with E-state index in [-0.39, 0.29) is 33.1 Å². The van der Waals surface area contributed by atoms with Gasteiger partial charge in [-0.25, -0.2) is 8.78 Å². The summed E-state index contributed by atoms with van der Waals surface area (Å²) in [5.74, 6) is -2.62. The van der Waals surface area contributed by atoms with E-state index >= 15 is 0 Å². The molecule has 3 aromatic carbocycles. The first-order chi connectivity index (χ1) is 14.1. The van der Waals surface area contributed by atoms with Gasteiger partial charge in [-0.05, 0) is 42.5 Å². The van der Waals surface area contributed by atoms with Crippen molar-refractivity contribution in [3.8, 4) is 0 Å². The molecule has 0 bridgehead atoms. The van der Waals surface area contributed by atoms with Gasteiger partial charge in [0.25, 0.3) is 5.91 Å². The van der Waals surface area contributed by atoms with E-state index in [9.17, 15) is 31.5 Å². The van der Waals surface area contributed by atoms with E-state index in [1.54, 1.807) is 0 Å². The molecule has 2 N–H and O–H groups in total. The summed E-state index contributed by atoms with van der Waals surface area (Å²) < 4.78 is 66.9. The van der Waals surface area contributed by atoms with Crippen molar-refractivity contribution >= 4 is 33.4 Å². The van der Waals surface area contributed by atoms with Crippen LogP contribution in [0.15, 0.2) is 59.4 Å². The van der Waals surface area contributed by atoms with Crippen molar-refractivity contribution in [2.45, 2.75) is 6.18 Å². The molecule has 30 heavy (non-hydrogen) atoms. The molecule has 0 aliphatic carbocycles. The Kier molecular flexibility index (Phi) is 4.53. The fraction of sp³-hybridized carbons (Fsp3) is 0.0476. The van der Waals surface area contributed by atoms with Gasteiger partial charge in [-0.3, -0.25) is 9.59 Å². The second kappa shape index (κ2) is 6.94. The fourth-order valence-corrected chi connectivity index (χ4v) is 3.18. The summed E-state index contributed by atoms with van der Waals surface area (Å²) in [5, 5.41) is 2.03. The van der Waals surface area contributed by atoms with Crippen molar-refractivity contribution in [3.05, 3.63) is 87.6 Å². The lowest BCUT2D eigenvalue weighted by Gasteiger charge is -2.12. The van der Waals surface area contributed by atoms with Gasteiger partial charge in [0, 0.05) is 16.5 Å². The minimum absolute atomic E-state index is 0.0302. The molecule has 0 spiro atoms. The third-order valence-electron chi connectivity index (χ3n) is 4.55. The second-order valence-electron chi connectivity index (χ2n) is 6.53. The molecule has 0 fully saturated rings. The maximum Gasteiger partial charge on any atom is 0.416 e. The Morgan fingerprint density at radius 2 is 1.63 bits per heavy atom. The minimum atomic E-state index is -4.62. The number of carbonyl (C=O) groups is 1.